The van der Waals surface area contributed by atoms with E-state index < -0.39 is 0 Å². The summed E-state index contributed by atoms with van der Waals surface area (Å²) >= 11 is 0. The average Bonchev–Trinajstić information content (AvgIpc) is 3.46. The molecule has 1 aliphatic rings. The highest BCUT2D eigenvalue weighted by Gasteiger charge is 2.28. The standard InChI is InChI=1S/C25H22N4O4/c1-26-23(30)12-15-5-7-16(8-6-15)32-22-14-20-19(13-17(22)21-9-10-24(31)33-21)28-25(29-20)18-4-2-3-11-27-18/h2-8,11,13-14,21H,9-10,12H2,1H3,(H,26,30)(H,28,29). The van der Waals surface area contributed by atoms with Gasteiger partial charge in [0.1, 0.15) is 23.3 Å². The number of rotatable bonds is 6. The van der Waals surface area contributed by atoms with Crippen molar-refractivity contribution in [3.63, 3.8) is 0 Å². The third-order valence-corrected chi connectivity index (χ3v) is 5.55. The van der Waals surface area contributed by atoms with Gasteiger partial charge in [0, 0.05) is 31.3 Å². The van der Waals surface area contributed by atoms with Crippen molar-refractivity contribution in [3.05, 3.63) is 71.9 Å². The molecule has 0 radical (unpaired) electrons. The Hall–Kier alpha value is -4.20. The van der Waals surface area contributed by atoms with Gasteiger partial charge in [-0.25, -0.2) is 4.98 Å². The van der Waals surface area contributed by atoms with Crippen LogP contribution in [0.3, 0.4) is 0 Å². The molecule has 2 aromatic carbocycles. The molecule has 1 atom stereocenters. The maximum atomic E-state index is 11.8. The van der Waals surface area contributed by atoms with Crippen LogP contribution >= 0.6 is 0 Å². The van der Waals surface area contributed by atoms with Gasteiger partial charge in [-0.1, -0.05) is 18.2 Å². The zero-order chi connectivity index (χ0) is 22.8. The van der Waals surface area contributed by atoms with E-state index in [1.807, 2.05) is 54.6 Å². The van der Waals surface area contributed by atoms with Crippen LogP contribution < -0.4 is 10.1 Å². The second-order valence-electron chi connectivity index (χ2n) is 7.82. The van der Waals surface area contributed by atoms with Crippen LogP contribution in [0.5, 0.6) is 11.5 Å². The zero-order valence-corrected chi connectivity index (χ0v) is 18.0. The fourth-order valence-electron chi connectivity index (χ4n) is 3.84. The number of hydrogen-bond donors (Lipinski definition) is 2. The van der Waals surface area contributed by atoms with E-state index in [0.717, 1.165) is 27.9 Å². The van der Waals surface area contributed by atoms with Crippen LogP contribution in [0.2, 0.25) is 0 Å². The Kier molecular flexibility index (Phi) is 5.48. The molecule has 8 nitrogen and oxygen atoms in total. The number of likely N-dealkylation sites (N-methyl/N-ethyl adjacent to an activating group) is 1. The number of carbonyl (C=O) groups is 2. The summed E-state index contributed by atoms with van der Waals surface area (Å²) in [6.45, 7) is 0. The molecule has 166 valence electrons. The van der Waals surface area contributed by atoms with Crippen molar-refractivity contribution in [2.75, 3.05) is 7.05 Å². The molecule has 0 saturated carbocycles. The number of cyclic esters (lactones) is 1. The summed E-state index contributed by atoms with van der Waals surface area (Å²) in [7, 11) is 1.61. The van der Waals surface area contributed by atoms with E-state index in [0.29, 0.717) is 36.6 Å². The topological polar surface area (TPSA) is 106 Å². The first-order valence-corrected chi connectivity index (χ1v) is 10.7. The molecule has 0 spiro atoms. The Balaban J connectivity index is 1.50. The number of carbonyl (C=O) groups excluding carboxylic acids is 2. The molecule has 1 unspecified atom stereocenters. The summed E-state index contributed by atoms with van der Waals surface area (Å²) in [6, 6.07) is 16.7. The van der Waals surface area contributed by atoms with Gasteiger partial charge in [0.2, 0.25) is 5.91 Å². The van der Waals surface area contributed by atoms with Crippen molar-refractivity contribution in [3.8, 4) is 23.0 Å². The van der Waals surface area contributed by atoms with E-state index in [1.165, 1.54) is 0 Å². The Labute approximate surface area is 190 Å². The van der Waals surface area contributed by atoms with Crippen LogP contribution in [-0.4, -0.2) is 33.9 Å². The number of nitrogens with zero attached hydrogens (tertiary/aromatic N) is 2. The van der Waals surface area contributed by atoms with E-state index in [-0.39, 0.29) is 18.0 Å². The summed E-state index contributed by atoms with van der Waals surface area (Å²) in [6.07, 6.45) is 2.60. The highest BCUT2D eigenvalue weighted by molar-refractivity contribution is 5.82. The normalized spacial score (nSPS) is 15.4. The maximum absolute atomic E-state index is 11.8. The SMILES string of the molecule is CNC(=O)Cc1ccc(Oc2cc3nc(-c4ccccn4)[nH]c3cc2C2CCC(=O)O2)cc1. The summed E-state index contributed by atoms with van der Waals surface area (Å²) < 4.78 is 11.7. The first kappa shape index (κ1) is 20.7. The number of benzene rings is 2. The van der Waals surface area contributed by atoms with Gasteiger partial charge in [-0.15, -0.1) is 0 Å². The van der Waals surface area contributed by atoms with Crippen molar-refractivity contribution >= 4 is 22.9 Å². The second kappa shape index (κ2) is 8.74. The maximum Gasteiger partial charge on any atom is 0.306 e. The molecule has 5 rings (SSSR count). The quantitative estimate of drug-likeness (QED) is 0.436. The summed E-state index contributed by atoms with van der Waals surface area (Å²) in [4.78, 5) is 35.7. The van der Waals surface area contributed by atoms with Gasteiger partial charge >= 0.3 is 5.97 Å². The second-order valence-corrected chi connectivity index (χ2v) is 7.82. The van der Waals surface area contributed by atoms with Gasteiger partial charge in [0.15, 0.2) is 5.82 Å². The number of fused-ring (bicyclic) bond motifs is 1. The number of imidazole rings is 1. The minimum absolute atomic E-state index is 0.0540. The molecule has 2 aromatic heterocycles. The minimum Gasteiger partial charge on any atom is -0.457 e. The fourth-order valence-corrected chi connectivity index (χ4v) is 3.84. The molecule has 1 amide bonds. The van der Waals surface area contributed by atoms with Gasteiger partial charge in [0.05, 0.1) is 17.5 Å². The number of pyridine rings is 1. The number of esters is 1. The van der Waals surface area contributed by atoms with Crippen LogP contribution in [0, 0.1) is 0 Å². The van der Waals surface area contributed by atoms with Gasteiger partial charge in [-0.05, 0) is 42.3 Å². The third-order valence-electron chi connectivity index (χ3n) is 5.55. The van der Waals surface area contributed by atoms with Crippen LogP contribution in [0.25, 0.3) is 22.6 Å². The Bertz CT molecular complexity index is 1320. The number of ether oxygens (including phenoxy) is 2. The minimum atomic E-state index is -0.383. The van der Waals surface area contributed by atoms with Crippen LogP contribution in [0.1, 0.15) is 30.1 Å². The Morgan fingerprint density at radius 3 is 2.76 bits per heavy atom. The largest absolute Gasteiger partial charge is 0.457 e. The van der Waals surface area contributed by atoms with Gasteiger partial charge in [-0.2, -0.15) is 0 Å². The van der Waals surface area contributed by atoms with Crippen molar-refractivity contribution in [2.24, 2.45) is 0 Å². The number of hydrogen-bond acceptors (Lipinski definition) is 6. The van der Waals surface area contributed by atoms with E-state index in [4.69, 9.17) is 9.47 Å². The highest BCUT2D eigenvalue weighted by atomic mass is 16.6. The van der Waals surface area contributed by atoms with E-state index in [1.54, 1.807) is 13.2 Å². The lowest BCUT2D eigenvalue weighted by Gasteiger charge is -2.16. The molecule has 2 N–H and O–H groups in total. The van der Waals surface area contributed by atoms with Crippen LogP contribution in [0.4, 0.5) is 0 Å². The zero-order valence-electron chi connectivity index (χ0n) is 18.0. The summed E-state index contributed by atoms with van der Waals surface area (Å²) in [5, 5.41) is 2.61. The van der Waals surface area contributed by atoms with E-state index in [2.05, 4.69) is 20.3 Å². The van der Waals surface area contributed by atoms with Gasteiger partial charge in [-0.3, -0.25) is 14.6 Å². The Morgan fingerprint density at radius 1 is 1.21 bits per heavy atom. The molecule has 8 heteroatoms. The number of aromatic nitrogens is 3. The van der Waals surface area contributed by atoms with Crippen LogP contribution in [-0.2, 0) is 20.7 Å². The van der Waals surface area contributed by atoms with Crippen molar-refractivity contribution in [2.45, 2.75) is 25.4 Å². The molecule has 0 aliphatic carbocycles. The molecule has 4 aromatic rings. The van der Waals surface area contributed by atoms with E-state index in [9.17, 15) is 9.59 Å². The number of nitrogens with one attached hydrogen (secondary N) is 2. The lowest BCUT2D eigenvalue weighted by Crippen LogP contribution is -2.19. The predicted molar refractivity (Wildman–Crippen MR) is 122 cm³/mol. The first-order valence-electron chi connectivity index (χ1n) is 10.7. The molecule has 33 heavy (non-hydrogen) atoms. The summed E-state index contributed by atoms with van der Waals surface area (Å²) in [5.41, 5.74) is 3.92. The monoisotopic (exact) mass is 442 g/mol. The molecular weight excluding hydrogens is 420 g/mol. The number of H-pyrrole nitrogens is 1. The lowest BCUT2D eigenvalue weighted by molar-refractivity contribution is -0.141. The van der Waals surface area contributed by atoms with Crippen molar-refractivity contribution in [1.82, 2.24) is 20.3 Å². The molecule has 1 saturated heterocycles. The van der Waals surface area contributed by atoms with Crippen LogP contribution in [0.15, 0.2) is 60.8 Å². The van der Waals surface area contributed by atoms with Gasteiger partial charge in [0.25, 0.3) is 0 Å². The molecular formula is C25H22N4O4. The summed E-state index contributed by atoms with van der Waals surface area (Å²) in [5.74, 6) is 1.56. The Morgan fingerprint density at radius 2 is 2.06 bits per heavy atom. The van der Waals surface area contributed by atoms with Crippen molar-refractivity contribution < 1.29 is 19.1 Å². The third kappa shape index (κ3) is 4.41. The fraction of sp³-hybridized carbons (Fsp3) is 0.200. The average molecular weight is 442 g/mol. The molecule has 1 aliphatic heterocycles. The van der Waals surface area contributed by atoms with Crippen molar-refractivity contribution in [1.29, 1.82) is 0 Å². The van der Waals surface area contributed by atoms with E-state index >= 15 is 0 Å². The highest BCUT2D eigenvalue weighted by Crippen LogP contribution is 2.39. The first-order chi connectivity index (χ1) is 16.1. The predicted octanol–water partition coefficient (Wildman–Crippen LogP) is 4.08. The molecule has 0 bridgehead atoms. The number of aromatic amines is 1. The lowest BCUT2D eigenvalue weighted by atomic mass is 10.0. The molecule has 3 heterocycles. The van der Waals surface area contributed by atoms with Gasteiger partial charge < -0.3 is 19.8 Å². The number of amides is 1. The smallest absolute Gasteiger partial charge is 0.306 e. The molecule has 1 fully saturated rings.